The van der Waals surface area contributed by atoms with Crippen molar-refractivity contribution < 1.29 is 31.9 Å². The minimum absolute atomic E-state index is 0.0288. The van der Waals surface area contributed by atoms with Crippen molar-refractivity contribution in [1.29, 1.82) is 0 Å². The van der Waals surface area contributed by atoms with Gasteiger partial charge in [0.05, 0.1) is 5.56 Å². The van der Waals surface area contributed by atoms with Gasteiger partial charge < -0.3 is 5.11 Å². The molecule has 0 spiro atoms. The van der Waals surface area contributed by atoms with E-state index in [1.807, 2.05) is 0 Å². The van der Waals surface area contributed by atoms with E-state index in [-0.39, 0.29) is 5.56 Å². The van der Waals surface area contributed by atoms with Crippen LogP contribution in [-0.2, 0) is 16.4 Å². The number of benzene rings is 1. The molecule has 1 aromatic carbocycles. The van der Waals surface area contributed by atoms with Gasteiger partial charge >= 0.3 is 12.1 Å². The summed E-state index contributed by atoms with van der Waals surface area (Å²) in [6, 6.07) is 3.31. The number of rotatable bonds is 2. The van der Waals surface area contributed by atoms with Crippen LogP contribution >= 0.6 is 0 Å². The molecule has 1 aliphatic rings. The van der Waals surface area contributed by atoms with Gasteiger partial charge in [0.15, 0.2) is 0 Å². The van der Waals surface area contributed by atoms with Gasteiger partial charge in [-0.15, -0.1) is 0 Å². The Bertz CT molecular complexity index is 496. The van der Waals surface area contributed by atoms with Gasteiger partial charge in [-0.05, 0) is 17.7 Å². The highest BCUT2D eigenvalue weighted by atomic mass is 19.4. The number of aliphatic carboxylic acids is 1. The highest BCUT2D eigenvalue weighted by molar-refractivity contribution is 5.83. The summed E-state index contributed by atoms with van der Waals surface area (Å²) in [6.45, 7) is 0. The molecule has 1 aliphatic carbocycles. The first kappa shape index (κ1) is 13.8. The lowest BCUT2D eigenvalue weighted by Crippen LogP contribution is -2.54. The first-order chi connectivity index (χ1) is 8.57. The van der Waals surface area contributed by atoms with E-state index in [4.69, 9.17) is 5.11 Å². The minimum atomic E-state index is -4.54. The Hall–Kier alpha value is -1.66. The first-order valence-electron chi connectivity index (χ1n) is 5.36. The van der Waals surface area contributed by atoms with E-state index in [0.717, 1.165) is 12.1 Å². The molecule has 0 aliphatic heterocycles. The van der Waals surface area contributed by atoms with Crippen molar-refractivity contribution in [2.75, 3.05) is 0 Å². The standard InChI is InChI=1S/C12H9F5O2/c13-11(14)5-10(6-11,9(18)19)7-1-3-8(4-2-7)12(15,16)17/h1-4H,5-6H2,(H,18,19). The molecule has 0 radical (unpaired) electrons. The van der Waals surface area contributed by atoms with Crippen molar-refractivity contribution in [1.82, 2.24) is 0 Å². The van der Waals surface area contributed by atoms with E-state index >= 15 is 0 Å². The first-order valence-corrected chi connectivity index (χ1v) is 5.36. The third kappa shape index (κ3) is 2.29. The topological polar surface area (TPSA) is 37.3 Å². The van der Waals surface area contributed by atoms with E-state index in [9.17, 15) is 26.7 Å². The van der Waals surface area contributed by atoms with Crippen LogP contribution in [0, 0.1) is 0 Å². The number of halogens is 5. The predicted molar refractivity (Wildman–Crippen MR) is 54.9 cm³/mol. The fourth-order valence-corrected chi connectivity index (χ4v) is 2.29. The number of carboxylic acids is 1. The summed E-state index contributed by atoms with van der Waals surface area (Å²) < 4.78 is 62.9. The van der Waals surface area contributed by atoms with Gasteiger partial charge in [-0.25, -0.2) is 8.78 Å². The van der Waals surface area contributed by atoms with Crippen LogP contribution in [0.25, 0.3) is 0 Å². The lowest BCUT2D eigenvalue weighted by atomic mass is 9.62. The summed E-state index contributed by atoms with van der Waals surface area (Å²) in [7, 11) is 0. The van der Waals surface area contributed by atoms with E-state index in [0.29, 0.717) is 12.1 Å². The zero-order chi connectivity index (χ0) is 14.5. The van der Waals surface area contributed by atoms with Crippen molar-refractivity contribution in [2.45, 2.75) is 30.4 Å². The minimum Gasteiger partial charge on any atom is -0.481 e. The molecule has 19 heavy (non-hydrogen) atoms. The molecule has 1 fully saturated rings. The Balaban J connectivity index is 2.33. The second-order valence-corrected chi connectivity index (χ2v) is 4.67. The lowest BCUT2D eigenvalue weighted by molar-refractivity contribution is -0.174. The second-order valence-electron chi connectivity index (χ2n) is 4.67. The highest BCUT2D eigenvalue weighted by Gasteiger charge is 2.62. The van der Waals surface area contributed by atoms with E-state index < -0.39 is 41.9 Å². The van der Waals surface area contributed by atoms with Gasteiger partial charge in [-0.1, -0.05) is 12.1 Å². The summed E-state index contributed by atoms with van der Waals surface area (Å²) in [4.78, 5) is 11.1. The third-order valence-electron chi connectivity index (χ3n) is 3.30. The Morgan fingerprint density at radius 1 is 1.11 bits per heavy atom. The maximum Gasteiger partial charge on any atom is 0.416 e. The summed E-state index contributed by atoms with van der Waals surface area (Å²) in [5, 5.41) is 9.04. The van der Waals surface area contributed by atoms with Gasteiger partial charge in [0.25, 0.3) is 5.92 Å². The Kier molecular flexibility index (Phi) is 2.84. The zero-order valence-electron chi connectivity index (χ0n) is 9.47. The van der Waals surface area contributed by atoms with Crippen LogP contribution in [0.4, 0.5) is 22.0 Å². The number of carbonyl (C=O) groups is 1. The molecule has 1 saturated carbocycles. The quantitative estimate of drug-likeness (QED) is 0.842. The molecule has 2 rings (SSSR count). The number of alkyl halides is 5. The van der Waals surface area contributed by atoms with Gasteiger partial charge in [0, 0.05) is 12.8 Å². The van der Waals surface area contributed by atoms with Crippen LogP contribution in [-0.4, -0.2) is 17.0 Å². The molecule has 0 saturated heterocycles. The largest absolute Gasteiger partial charge is 0.481 e. The van der Waals surface area contributed by atoms with Gasteiger partial charge in [0.1, 0.15) is 5.41 Å². The second kappa shape index (κ2) is 3.91. The Morgan fingerprint density at radius 3 is 1.89 bits per heavy atom. The molecule has 0 bridgehead atoms. The van der Waals surface area contributed by atoms with Crippen LogP contribution < -0.4 is 0 Å². The summed E-state index contributed by atoms with van der Waals surface area (Å²) in [6.07, 6.45) is -6.32. The molecule has 0 heterocycles. The molecule has 0 atom stereocenters. The van der Waals surface area contributed by atoms with Crippen LogP contribution in [0.15, 0.2) is 24.3 Å². The van der Waals surface area contributed by atoms with Crippen LogP contribution in [0.1, 0.15) is 24.0 Å². The molecule has 2 nitrogen and oxygen atoms in total. The predicted octanol–water partition coefficient (Wildman–Crippen LogP) is 3.46. The molecule has 104 valence electrons. The van der Waals surface area contributed by atoms with Crippen LogP contribution in [0.3, 0.4) is 0 Å². The fourth-order valence-electron chi connectivity index (χ4n) is 2.29. The van der Waals surface area contributed by atoms with Crippen molar-refractivity contribution in [3.63, 3.8) is 0 Å². The van der Waals surface area contributed by atoms with E-state index in [2.05, 4.69) is 0 Å². The van der Waals surface area contributed by atoms with Crippen molar-refractivity contribution >= 4 is 5.97 Å². The summed E-state index contributed by atoms with van der Waals surface area (Å²) >= 11 is 0. The average Bonchev–Trinajstić information content (AvgIpc) is 2.24. The van der Waals surface area contributed by atoms with Gasteiger partial charge in [0.2, 0.25) is 0 Å². The van der Waals surface area contributed by atoms with Crippen molar-refractivity contribution in [3.05, 3.63) is 35.4 Å². The zero-order valence-corrected chi connectivity index (χ0v) is 9.47. The SMILES string of the molecule is O=C(O)C1(c2ccc(C(F)(F)F)cc2)CC(F)(F)C1. The molecule has 7 heteroatoms. The van der Waals surface area contributed by atoms with Crippen LogP contribution in [0.2, 0.25) is 0 Å². The molecular weight excluding hydrogens is 271 g/mol. The molecule has 1 aromatic rings. The van der Waals surface area contributed by atoms with Gasteiger partial charge in [-0.3, -0.25) is 4.79 Å². The third-order valence-corrected chi connectivity index (χ3v) is 3.30. The maximum absolute atomic E-state index is 12.9. The van der Waals surface area contributed by atoms with Crippen molar-refractivity contribution in [2.24, 2.45) is 0 Å². The number of hydrogen-bond acceptors (Lipinski definition) is 1. The number of hydrogen-bond donors (Lipinski definition) is 1. The normalized spacial score (nSPS) is 20.7. The monoisotopic (exact) mass is 280 g/mol. The fraction of sp³-hybridized carbons (Fsp3) is 0.417. The smallest absolute Gasteiger partial charge is 0.416 e. The maximum atomic E-state index is 12.9. The van der Waals surface area contributed by atoms with E-state index in [1.165, 1.54) is 0 Å². The Morgan fingerprint density at radius 2 is 1.58 bits per heavy atom. The molecule has 1 N–H and O–H groups in total. The van der Waals surface area contributed by atoms with E-state index in [1.54, 1.807) is 0 Å². The lowest BCUT2D eigenvalue weighted by Gasteiger charge is -2.44. The van der Waals surface area contributed by atoms with Crippen LogP contribution in [0.5, 0.6) is 0 Å². The summed E-state index contributed by atoms with van der Waals surface area (Å²) in [5.41, 5.74) is -2.75. The van der Waals surface area contributed by atoms with Crippen molar-refractivity contribution in [3.8, 4) is 0 Å². The molecule has 0 unspecified atom stereocenters. The molecule has 0 aromatic heterocycles. The highest BCUT2D eigenvalue weighted by Crippen LogP contribution is 2.53. The van der Waals surface area contributed by atoms with Gasteiger partial charge in [-0.2, -0.15) is 13.2 Å². The summed E-state index contributed by atoms with van der Waals surface area (Å²) in [5.74, 6) is -4.53. The molecular formula is C12H9F5O2. The molecule has 0 amide bonds. The Labute approximate surface area is 104 Å². The average molecular weight is 280 g/mol. The number of carboxylic acid groups (broad SMARTS) is 1.